The predicted molar refractivity (Wildman–Crippen MR) is 73.4 cm³/mol. The normalized spacial score (nSPS) is 10.6. The number of carbonyl (C=O) groups excluding carboxylic acids is 1. The molecule has 0 radical (unpaired) electrons. The second-order valence-corrected chi connectivity index (χ2v) is 4.08. The average molecular weight is 243 g/mol. The highest BCUT2D eigenvalue weighted by atomic mass is 16.2. The van der Waals surface area contributed by atoms with Gasteiger partial charge in [-0.15, -0.1) is 0 Å². The number of amides is 1. The standard InChI is InChI=1S/C14H17N3O/c1-3-17(4-2)14(18)12-9-16-13(15)11-8-6-5-7-10(11)12/h5-9H,3-4H2,1-2H3,(H2,15,16). The number of nitrogens with two attached hydrogens (primary N) is 1. The second-order valence-electron chi connectivity index (χ2n) is 4.08. The van der Waals surface area contributed by atoms with Gasteiger partial charge in [-0.3, -0.25) is 4.79 Å². The Morgan fingerprint density at radius 1 is 1.22 bits per heavy atom. The van der Waals surface area contributed by atoms with Gasteiger partial charge in [-0.25, -0.2) is 4.98 Å². The quantitative estimate of drug-likeness (QED) is 0.899. The maximum atomic E-state index is 12.4. The first-order valence-electron chi connectivity index (χ1n) is 6.11. The molecule has 0 bridgehead atoms. The number of aromatic nitrogens is 1. The van der Waals surface area contributed by atoms with E-state index in [2.05, 4.69) is 4.98 Å². The summed E-state index contributed by atoms with van der Waals surface area (Å²) < 4.78 is 0. The molecule has 0 atom stereocenters. The molecular weight excluding hydrogens is 226 g/mol. The van der Waals surface area contributed by atoms with Crippen LogP contribution in [0.5, 0.6) is 0 Å². The van der Waals surface area contributed by atoms with Gasteiger partial charge in [0.05, 0.1) is 5.56 Å². The Hall–Kier alpha value is -2.10. The van der Waals surface area contributed by atoms with Gasteiger partial charge in [-0.05, 0) is 19.2 Å². The first kappa shape index (κ1) is 12.4. The fourth-order valence-electron chi connectivity index (χ4n) is 2.07. The monoisotopic (exact) mass is 243 g/mol. The third kappa shape index (κ3) is 2.01. The lowest BCUT2D eigenvalue weighted by Gasteiger charge is -2.19. The Morgan fingerprint density at radius 3 is 2.44 bits per heavy atom. The van der Waals surface area contributed by atoms with E-state index in [1.165, 1.54) is 0 Å². The van der Waals surface area contributed by atoms with Crippen molar-refractivity contribution in [3.63, 3.8) is 0 Å². The second kappa shape index (κ2) is 5.04. The Balaban J connectivity index is 2.58. The zero-order chi connectivity index (χ0) is 13.1. The Labute approximate surface area is 106 Å². The molecule has 1 heterocycles. The SMILES string of the molecule is CCN(CC)C(=O)c1cnc(N)c2ccccc12. The average Bonchev–Trinajstić information content (AvgIpc) is 2.41. The van der Waals surface area contributed by atoms with Crippen LogP contribution < -0.4 is 5.73 Å². The van der Waals surface area contributed by atoms with Crippen molar-refractivity contribution in [3.8, 4) is 0 Å². The molecule has 2 aromatic rings. The van der Waals surface area contributed by atoms with Gasteiger partial charge in [-0.2, -0.15) is 0 Å². The number of fused-ring (bicyclic) bond motifs is 1. The number of nitrogen functional groups attached to an aromatic ring is 1. The third-order valence-corrected chi connectivity index (χ3v) is 3.11. The molecular formula is C14H17N3O. The van der Waals surface area contributed by atoms with Crippen LogP contribution in [0.3, 0.4) is 0 Å². The van der Waals surface area contributed by atoms with Gasteiger partial charge >= 0.3 is 0 Å². The van der Waals surface area contributed by atoms with Crippen molar-refractivity contribution in [2.75, 3.05) is 18.8 Å². The van der Waals surface area contributed by atoms with Crippen LogP contribution in [0, 0.1) is 0 Å². The Morgan fingerprint density at radius 2 is 1.83 bits per heavy atom. The van der Waals surface area contributed by atoms with E-state index in [1.807, 2.05) is 38.1 Å². The molecule has 0 aliphatic heterocycles. The van der Waals surface area contributed by atoms with Crippen LogP contribution in [0.1, 0.15) is 24.2 Å². The zero-order valence-corrected chi connectivity index (χ0v) is 10.7. The van der Waals surface area contributed by atoms with Crippen molar-refractivity contribution in [2.24, 2.45) is 0 Å². The number of hydrogen-bond acceptors (Lipinski definition) is 3. The molecule has 2 rings (SSSR count). The summed E-state index contributed by atoms with van der Waals surface area (Å²) in [4.78, 5) is 18.3. The Bertz CT molecular complexity index is 576. The lowest BCUT2D eigenvalue weighted by Crippen LogP contribution is -2.30. The minimum Gasteiger partial charge on any atom is -0.383 e. The van der Waals surface area contributed by atoms with Crippen LogP contribution in [-0.4, -0.2) is 28.9 Å². The number of benzene rings is 1. The summed E-state index contributed by atoms with van der Waals surface area (Å²) in [5.74, 6) is 0.463. The molecule has 0 spiro atoms. The fourth-order valence-corrected chi connectivity index (χ4v) is 2.07. The van der Waals surface area contributed by atoms with Crippen molar-refractivity contribution < 1.29 is 4.79 Å². The molecule has 2 N–H and O–H groups in total. The minimum absolute atomic E-state index is 0.00343. The predicted octanol–water partition coefficient (Wildman–Crippen LogP) is 2.30. The highest BCUT2D eigenvalue weighted by Crippen LogP contribution is 2.23. The summed E-state index contributed by atoms with van der Waals surface area (Å²) >= 11 is 0. The smallest absolute Gasteiger partial charge is 0.256 e. The van der Waals surface area contributed by atoms with Crippen molar-refractivity contribution in [1.82, 2.24) is 9.88 Å². The van der Waals surface area contributed by atoms with Crippen LogP contribution >= 0.6 is 0 Å². The summed E-state index contributed by atoms with van der Waals surface area (Å²) in [6.07, 6.45) is 1.57. The van der Waals surface area contributed by atoms with E-state index in [4.69, 9.17) is 5.73 Å². The topological polar surface area (TPSA) is 59.2 Å². The summed E-state index contributed by atoms with van der Waals surface area (Å²) in [6.45, 7) is 5.31. The number of hydrogen-bond donors (Lipinski definition) is 1. The lowest BCUT2D eigenvalue weighted by molar-refractivity contribution is 0.0774. The van der Waals surface area contributed by atoms with Crippen LogP contribution in [-0.2, 0) is 0 Å². The number of nitrogens with zero attached hydrogens (tertiary/aromatic N) is 2. The van der Waals surface area contributed by atoms with E-state index in [1.54, 1.807) is 11.1 Å². The van der Waals surface area contributed by atoms with Gasteiger partial charge in [0.25, 0.3) is 5.91 Å². The largest absolute Gasteiger partial charge is 0.383 e. The summed E-state index contributed by atoms with van der Waals surface area (Å²) in [6, 6.07) is 7.59. The van der Waals surface area contributed by atoms with E-state index in [-0.39, 0.29) is 5.91 Å². The molecule has 1 aromatic carbocycles. The lowest BCUT2D eigenvalue weighted by atomic mass is 10.1. The van der Waals surface area contributed by atoms with Crippen molar-refractivity contribution >= 4 is 22.5 Å². The van der Waals surface area contributed by atoms with Crippen molar-refractivity contribution in [2.45, 2.75) is 13.8 Å². The van der Waals surface area contributed by atoms with Crippen LogP contribution in [0.15, 0.2) is 30.5 Å². The molecule has 4 heteroatoms. The zero-order valence-electron chi connectivity index (χ0n) is 10.7. The highest BCUT2D eigenvalue weighted by molar-refractivity contribution is 6.08. The summed E-state index contributed by atoms with van der Waals surface area (Å²) in [5, 5.41) is 1.69. The molecule has 1 aromatic heterocycles. The van der Waals surface area contributed by atoms with E-state index in [9.17, 15) is 4.79 Å². The van der Waals surface area contributed by atoms with E-state index in [0.29, 0.717) is 24.5 Å². The van der Waals surface area contributed by atoms with Gasteiger partial charge in [-0.1, -0.05) is 24.3 Å². The van der Waals surface area contributed by atoms with Gasteiger partial charge in [0, 0.05) is 24.7 Å². The van der Waals surface area contributed by atoms with E-state index < -0.39 is 0 Å². The molecule has 0 aliphatic carbocycles. The van der Waals surface area contributed by atoms with Crippen LogP contribution in [0.2, 0.25) is 0 Å². The van der Waals surface area contributed by atoms with Gasteiger partial charge in [0.1, 0.15) is 5.82 Å². The third-order valence-electron chi connectivity index (χ3n) is 3.11. The Kier molecular flexibility index (Phi) is 3.46. The number of pyridine rings is 1. The van der Waals surface area contributed by atoms with Crippen LogP contribution in [0.25, 0.3) is 10.8 Å². The maximum absolute atomic E-state index is 12.4. The number of rotatable bonds is 3. The molecule has 0 unspecified atom stereocenters. The molecule has 94 valence electrons. The summed E-state index contributed by atoms with van der Waals surface area (Å²) in [7, 11) is 0. The molecule has 0 aliphatic rings. The molecule has 0 saturated carbocycles. The van der Waals surface area contributed by atoms with Gasteiger partial charge in [0.2, 0.25) is 0 Å². The number of carbonyl (C=O) groups is 1. The maximum Gasteiger partial charge on any atom is 0.256 e. The minimum atomic E-state index is 0.00343. The summed E-state index contributed by atoms with van der Waals surface area (Å²) in [5.41, 5.74) is 6.44. The molecule has 0 fully saturated rings. The fraction of sp³-hybridized carbons (Fsp3) is 0.286. The first-order valence-corrected chi connectivity index (χ1v) is 6.11. The van der Waals surface area contributed by atoms with Crippen LogP contribution in [0.4, 0.5) is 5.82 Å². The van der Waals surface area contributed by atoms with Crippen molar-refractivity contribution in [3.05, 3.63) is 36.0 Å². The van der Waals surface area contributed by atoms with E-state index >= 15 is 0 Å². The molecule has 0 saturated heterocycles. The van der Waals surface area contributed by atoms with Crippen molar-refractivity contribution in [1.29, 1.82) is 0 Å². The molecule has 4 nitrogen and oxygen atoms in total. The van der Waals surface area contributed by atoms with Gasteiger partial charge in [0.15, 0.2) is 0 Å². The highest BCUT2D eigenvalue weighted by Gasteiger charge is 2.16. The number of anilines is 1. The molecule has 18 heavy (non-hydrogen) atoms. The van der Waals surface area contributed by atoms with E-state index in [0.717, 1.165) is 10.8 Å². The first-order chi connectivity index (χ1) is 8.69. The van der Waals surface area contributed by atoms with Gasteiger partial charge < -0.3 is 10.6 Å². The molecule has 1 amide bonds.